The third-order valence-electron chi connectivity index (χ3n) is 3.88. The van der Waals surface area contributed by atoms with Gasteiger partial charge in [0, 0.05) is 24.7 Å². The molecule has 19 heavy (non-hydrogen) atoms. The number of carbonyl (C=O) groups excluding carboxylic acids is 1. The molecule has 0 saturated carbocycles. The Hall–Kier alpha value is -1.86. The molecule has 2 N–H and O–H groups in total. The van der Waals surface area contributed by atoms with Crippen molar-refractivity contribution < 1.29 is 4.79 Å². The van der Waals surface area contributed by atoms with Crippen LogP contribution in [0.4, 0.5) is 0 Å². The molecule has 0 aliphatic carbocycles. The van der Waals surface area contributed by atoms with Gasteiger partial charge in [0.25, 0.3) is 5.91 Å². The van der Waals surface area contributed by atoms with Gasteiger partial charge in [0.2, 0.25) is 0 Å². The summed E-state index contributed by atoms with van der Waals surface area (Å²) in [7, 11) is 0. The average Bonchev–Trinajstić information content (AvgIpc) is 2.46. The van der Waals surface area contributed by atoms with Crippen molar-refractivity contribution in [3.8, 4) is 6.07 Å². The smallest absolute Gasteiger partial charge is 0.254 e. The summed E-state index contributed by atoms with van der Waals surface area (Å²) in [5, 5.41) is 8.77. The van der Waals surface area contributed by atoms with Crippen molar-refractivity contribution in [2.24, 2.45) is 11.7 Å². The van der Waals surface area contributed by atoms with E-state index in [2.05, 4.69) is 13.0 Å². The molecule has 1 aromatic carbocycles. The predicted octanol–water partition coefficient (Wildman–Crippen LogP) is 1.76. The van der Waals surface area contributed by atoms with Crippen LogP contribution in [0, 0.1) is 17.2 Å². The normalized spacial score (nSPS) is 22.9. The van der Waals surface area contributed by atoms with E-state index < -0.39 is 0 Å². The molecule has 4 heteroatoms. The summed E-state index contributed by atoms with van der Waals surface area (Å²) >= 11 is 0. The first-order valence-electron chi connectivity index (χ1n) is 6.68. The van der Waals surface area contributed by atoms with Gasteiger partial charge in [0.15, 0.2) is 0 Å². The van der Waals surface area contributed by atoms with Gasteiger partial charge in [-0.1, -0.05) is 6.92 Å². The Morgan fingerprint density at radius 2 is 2.16 bits per heavy atom. The van der Waals surface area contributed by atoms with Gasteiger partial charge in [-0.3, -0.25) is 4.79 Å². The van der Waals surface area contributed by atoms with Crippen LogP contribution < -0.4 is 5.73 Å². The first kappa shape index (κ1) is 13.6. The minimum Gasteiger partial charge on any atom is -0.334 e. The molecule has 2 atom stereocenters. The first-order valence-corrected chi connectivity index (χ1v) is 6.68. The topological polar surface area (TPSA) is 70.1 Å². The highest BCUT2D eigenvalue weighted by Crippen LogP contribution is 2.24. The van der Waals surface area contributed by atoms with Crippen molar-refractivity contribution in [1.29, 1.82) is 5.26 Å². The molecule has 4 nitrogen and oxygen atoms in total. The first-order chi connectivity index (χ1) is 9.17. The molecule has 0 bridgehead atoms. The van der Waals surface area contributed by atoms with E-state index in [-0.39, 0.29) is 11.9 Å². The van der Waals surface area contributed by atoms with E-state index in [4.69, 9.17) is 11.0 Å². The fourth-order valence-corrected chi connectivity index (χ4v) is 2.71. The van der Waals surface area contributed by atoms with Crippen molar-refractivity contribution in [3.63, 3.8) is 0 Å². The van der Waals surface area contributed by atoms with Gasteiger partial charge >= 0.3 is 0 Å². The lowest BCUT2D eigenvalue weighted by Gasteiger charge is -2.39. The number of nitriles is 1. The number of hydrogen-bond acceptors (Lipinski definition) is 3. The fourth-order valence-electron chi connectivity index (χ4n) is 2.71. The molecular weight excluding hydrogens is 238 g/mol. The molecule has 1 fully saturated rings. The number of nitrogens with zero attached hydrogens (tertiary/aromatic N) is 2. The van der Waals surface area contributed by atoms with Crippen molar-refractivity contribution in [1.82, 2.24) is 4.90 Å². The minimum absolute atomic E-state index is 0.0199. The van der Waals surface area contributed by atoms with Crippen molar-refractivity contribution >= 4 is 5.91 Å². The Labute approximate surface area is 113 Å². The van der Waals surface area contributed by atoms with E-state index in [0.29, 0.717) is 23.6 Å². The summed E-state index contributed by atoms with van der Waals surface area (Å²) in [6, 6.07) is 8.97. The zero-order chi connectivity index (χ0) is 13.8. The Morgan fingerprint density at radius 1 is 1.47 bits per heavy atom. The van der Waals surface area contributed by atoms with E-state index in [1.807, 2.05) is 4.90 Å². The number of carbonyl (C=O) groups is 1. The Morgan fingerprint density at radius 3 is 2.74 bits per heavy atom. The van der Waals surface area contributed by atoms with Crippen LogP contribution in [0.3, 0.4) is 0 Å². The summed E-state index contributed by atoms with van der Waals surface area (Å²) in [5.41, 5.74) is 7.01. The molecule has 0 radical (unpaired) electrons. The number of benzene rings is 1. The molecule has 2 rings (SSSR count). The van der Waals surface area contributed by atoms with Crippen LogP contribution in [-0.4, -0.2) is 29.9 Å². The van der Waals surface area contributed by atoms with Gasteiger partial charge in [0.05, 0.1) is 11.6 Å². The number of likely N-dealkylation sites (tertiary alicyclic amines) is 1. The molecule has 1 aliphatic rings. The summed E-state index contributed by atoms with van der Waals surface area (Å²) < 4.78 is 0. The molecule has 1 aromatic rings. The van der Waals surface area contributed by atoms with Crippen LogP contribution in [0.1, 0.15) is 35.7 Å². The highest BCUT2D eigenvalue weighted by Gasteiger charge is 2.31. The maximum Gasteiger partial charge on any atom is 0.254 e. The summed E-state index contributed by atoms with van der Waals surface area (Å²) in [6.45, 7) is 3.42. The zero-order valence-electron chi connectivity index (χ0n) is 11.2. The average molecular weight is 257 g/mol. The quantitative estimate of drug-likeness (QED) is 0.877. The molecular formula is C15H19N3O. The lowest BCUT2D eigenvalue weighted by Crippen LogP contribution is -2.51. The number of hydrogen-bond donors (Lipinski definition) is 1. The number of piperidine rings is 1. The standard InChI is InChI=1S/C15H19N3O/c1-11-3-2-8-18(14(11)10-17)15(19)13-6-4-12(9-16)5-7-13/h4-7,11,14H,2-3,8,10,17H2,1H3. The highest BCUT2D eigenvalue weighted by molar-refractivity contribution is 5.94. The van der Waals surface area contributed by atoms with Crippen LogP contribution in [0.5, 0.6) is 0 Å². The molecule has 2 unspecified atom stereocenters. The SMILES string of the molecule is CC1CCCN(C(=O)c2ccc(C#N)cc2)C1CN. The minimum atomic E-state index is 0.0199. The van der Waals surface area contributed by atoms with Gasteiger partial charge in [-0.2, -0.15) is 5.26 Å². The summed E-state index contributed by atoms with van der Waals surface area (Å²) in [6.07, 6.45) is 2.15. The van der Waals surface area contributed by atoms with Crippen LogP contribution >= 0.6 is 0 Å². The Bertz CT molecular complexity index is 489. The van der Waals surface area contributed by atoms with E-state index in [1.54, 1.807) is 24.3 Å². The second-order valence-electron chi connectivity index (χ2n) is 5.11. The zero-order valence-corrected chi connectivity index (χ0v) is 11.2. The van der Waals surface area contributed by atoms with E-state index in [1.165, 1.54) is 0 Å². The van der Waals surface area contributed by atoms with E-state index in [9.17, 15) is 4.79 Å². The van der Waals surface area contributed by atoms with Gasteiger partial charge in [-0.15, -0.1) is 0 Å². The lowest BCUT2D eigenvalue weighted by atomic mass is 9.90. The van der Waals surface area contributed by atoms with Crippen LogP contribution in [0.25, 0.3) is 0 Å². The van der Waals surface area contributed by atoms with E-state index >= 15 is 0 Å². The second kappa shape index (κ2) is 5.85. The number of rotatable bonds is 2. The molecule has 1 heterocycles. The summed E-state index contributed by atoms with van der Waals surface area (Å²) in [5.74, 6) is 0.465. The van der Waals surface area contributed by atoms with Crippen molar-refractivity contribution in [2.75, 3.05) is 13.1 Å². The lowest BCUT2D eigenvalue weighted by molar-refractivity contribution is 0.0532. The maximum absolute atomic E-state index is 12.5. The number of amides is 1. The van der Waals surface area contributed by atoms with Gasteiger partial charge < -0.3 is 10.6 Å². The molecule has 1 amide bonds. The monoisotopic (exact) mass is 257 g/mol. The molecule has 100 valence electrons. The van der Waals surface area contributed by atoms with Crippen molar-refractivity contribution in [2.45, 2.75) is 25.8 Å². The fraction of sp³-hybridized carbons (Fsp3) is 0.467. The molecule has 1 saturated heterocycles. The molecule has 0 spiro atoms. The molecule has 1 aliphatic heterocycles. The van der Waals surface area contributed by atoms with Crippen molar-refractivity contribution in [3.05, 3.63) is 35.4 Å². The maximum atomic E-state index is 12.5. The van der Waals surface area contributed by atoms with Crippen LogP contribution in [0.2, 0.25) is 0 Å². The second-order valence-corrected chi connectivity index (χ2v) is 5.11. The van der Waals surface area contributed by atoms with Gasteiger partial charge in [0.1, 0.15) is 0 Å². The van der Waals surface area contributed by atoms with Gasteiger partial charge in [-0.25, -0.2) is 0 Å². The van der Waals surface area contributed by atoms with Crippen LogP contribution in [-0.2, 0) is 0 Å². The Kier molecular flexibility index (Phi) is 4.18. The third-order valence-corrected chi connectivity index (χ3v) is 3.88. The largest absolute Gasteiger partial charge is 0.334 e. The number of nitrogens with two attached hydrogens (primary N) is 1. The highest BCUT2D eigenvalue weighted by atomic mass is 16.2. The van der Waals surface area contributed by atoms with Gasteiger partial charge in [-0.05, 0) is 43.0 Å². The van der Waals surface area contributed by atoms with E-state index in [0.717, 1.165) is 19.4 Å². The summed E-state index contributed by atoms with van der Waals surface area (Å²) in [4.78, 5) is 14.4. The third kappa shape index (κ3) is 2.77. The van der Waals surface area contributed by atoms with Crippen LogP contribution in [0.15, 0.2) is 24.3 Å². The predicted molar refractivity (Wildman–Crippen MR) is 73.4 cm³/mol. The molecule has 0 aromatic heterocycles. The Balaban J connectivity index is 2.19.